The molecule has 112 valence electrons. The van der Waals surface area contributed by atoms with Crippen LogP contribution in [0, 0.1) is 5.41 Å². The number of benzene rings is 1. The van der Waals surface area contributed by atoms with Crippen LogP contribution < -0.4 is 10.5 Å². The third kappa shape index (κ3) is 3.22. The molecule has 1 fully saturated rings. The molecule has 4 nitrogen and oxygen atoms in total. The maximum atomic E-state index is 12.3. The minimum Gasteiger partial charge on any atom is -0.396 e. The number of nitrogens with two attached hydrogens (primary N) is 1. The lowest BCUT2D eigenvalue weighted by Crippen LogP contribution is -2.34. The van der Waals surface area contributed by atoms with Crippen LogP contribution in [0.25, 0.3) is 0 Å². The number of hydrogen-bond acceptors (Lipinski definition) is 3. The SMILES string of the molecule is CC1(CNS(=O)(=O)c2ccc(Cl)c(N)c2Cl)CCCC1. The molecule has 0 atom stereocenters. The molecule has 0 amide bonds. The highest BCUT2D eigenvalue weighted by atomic mass is 35.5. The van der Waals surface area contributed by atoms with Crippen molar-refractivity contribution >= 4 is 38.9 Å². The molecule has 1 aromatic carbocycles. The Morgan fingerprint density at radius 1 is 1.30 bits per heavy atom. The van der Waals surface area contributed by atoms with Gasteiger partial charge >= 0.3 is 0 Å². The van der Waals surface area contributed by atoms with Gasteiger partial charge in [0.15, 0.2) is 0 Å². The Morgan fingerprint density at radius 2 is 1.90 bits per heavy atom. The van der Waals surface area contributed by atoms with Crippen molar-refractivity contribution in [2.24, 2.45) is 5.41 Å². The maximum Gasteiger partial charge on any atom is 0.242 e. The third-order valence-electron chi connectivity index (χ3n) is 3.88. The van der Waals surface area contributed by atoms with Gasteiger partial charge in [-0.25, -0.2) is 13.1 Å². The predicted octanol–water partition coefficient (Wildman–Crippen LogP) is 3.43. The van der Waals surface area contributed by atoms with Crippen molar-refractivity contribution in [2.75, 3.05) is 12.3 Å². The van der Waals surface area contributed by atoms with Crippen LogP contribution >= 0.6 is 23.2 Å². The van der Waals surface area contributed by atoms with Gasteiger partial charge in [-0.2, -0.15) is 0 Å². The fourth-order valence-corrected chi connectivity index (χ4v) is 4.47. The lowest BCUT2D eigenvalue weighted by atomic mass is 9.89. The topological polar surface area (TPSA) is 72.2 Å². The highest BCUT2D eigenvalue weighted by Crippen LogP contribution is 2.38. The van der Waals surface area contributed by atoms with Gasteiger partial charge in [-0.1, -0.05) is 43.0 Å². The molecule has 0 saturated heterocycles. The van der Waals surface area contributed by atoms with Gasteiger partial charge in [-0.05, 0) is 30.4 Å². The summed E-state index contributed by atoms with van der Waals surface area (Å²) in [6.07, 6.45) is 4.36. The van der Waals surface area contributed by atoms with E-state index in [0.29, 0.717) is 6.54 Å². The van der Waals surface area contributed by atoms with Gasteiger partial charge in [0.1, 0.15) is 4.90 Å². The van der Waals surface area contributed by atoms with Crippen molar-refractivity contribution in [3.8, 4) is 0 Å². The standard InChI is InChI=1S/C13H18Cl2N2O2S/c1-13(6-2-3-7-13)8-17-20(18,19)10-5-4-9(14)12(16)11(10)15/h4-5,17H,2-3,6-8,16H2,1H3. The summed E-state index contributed by atoms with van der Waals surface area (Å²) in [5.74, 6) is 0. The van der Waals surface area contributed by atoms with E-state index in [1.54, 1.807) is 0 Å². The molecule has 0 aromatic heterocycles. The van der Waals surface area contributed by atoms with Crippen molar-refractivity contribution in [3.63, 3.8) is 0 Å². The van der Waals surface area contributed by atoms with E-state index < -0.39 is 10.0 Å². The van der Waals surface area contributed by atoms with E-state index in [0.717, 1.165) is 25.7 Å². The third-order valence-corrected chi connectivity index (χ3v) is 6.17. The first kappa shape index (κ1) is 15.9. The van der Waals surface area contributed by atoms with Crippen LogP contribution in [-0.4, -0.2) is 15.0 Å². The first-order chi connectivity index (χ1) is 9.25. The summed E-state index contributed by atoms with van der Waals surface area (Å²) in [6.45, 7) is 2.51. The Hall–Kier alpha value is -0.490. The molecule has 0 aliphatic heterocycles. The van der Waals surface area contributed by atoms with E-state index in [2.05, 4.69) is 11.6 Å². The number of hydrogen-bond donors (Lipinski definition) is 2. The fourth-order valence-electron chi connectivity index (χ4n) is 2.51. The Kier molecular flexibility index (Phi) is 4.54. The van der Waals surface area contributed by atoms with Crippen LogP contribution in [0.15, 0.2) is 17.0 Å². The van der Waals surface area contributed by atoms with Gasteiger partial charge in [0.2, 0.25) is 10.0 Å². The van der Waals surface area contributed by atoms with E-state index in [1.165, 1.54) is 12.1 Å². The highest BCUT2D eigenvalue weighted by molar-refractivity contribution is 7.89. The molecule has 1 aliphatic carbocycles. The number of nitrogen functional groups attached to an aromatic ring is 1. The lowest BCUT2D eigenvalue weighted by molar-refractivity contribution is 0.336. The number of anilines is 1. The summed E-state index contributed by atoms with van der Waals surface area (Å²) in [7, 11) is -3.68. The van der Waals surface area contributed by atoms with Crippen molar-refractivity contribution in [1.82, 2.24) is 4.72 Å². The van der Waals surface area contributed by atoms with Crippen molar-refractivity contribution in [2.45, 2.75) is 37.5 Å². The van der Waals surface area contributed by atoms with E-state index >= 15 is 0 Å². The fraction of sp³-hybridized carbons (Fsp3) is 0.538. The van der Waals surface area contributed by atoms with Gasteiger partial charge in [0.05, 0.1) is 15.7 Å². The zero-order valence-corrected chi connectivity index (χ0v) is 13.6. The summed E-state index contributed by atoms with van der Waals surface area (Å²) in [4.78, 5) is -0.0253. The molecule has 7 heteroatoms. The van der Waals surface area contributed by atoms with E-state index in [4.69, 9.17) is 28.9 Å². The molecule has 0 bridgehead atoms. The minimum atomic E-state index is -3.68. The minimum absolute atomic E-state index is 0.0253. The van der Waals surface area contributed by atoms with Crippen LogP contribution in [0.4, 0.5) is 5.69 Å². The summed E-state index contributed by atoms with van der Waals surface area (Å²) < 4.78 is 27.3. The number of sulfonamides is 1. The zero-order valence-electron chi connectivity index (χ0n) is 11.2. The van der Waals surface area contributed by atoms with Crippen LogP contribution in [0.2, 0.25) is 10.0 Å². The first-order valence-electron chi connectivity index (χ1n) is 6.48. The van der Waals surface area contributed by atoms with Gasteiger partial charge < -0.3 is 5.73 Å². The van der Waals surface area contributed by atoms with E-state index in [1.807, 2.05) is 0 Å². The van der Waals surface area contributed by atoms with Crippen LogP contribution in [0.5, 0.6) is 0 Å². The second-order valence-electron chi connectivity index (χ2n) is 5.62. The highest BCUT2D eigenvalue weighted by Gasteiger charge is 2.31. The van der Waals surface area contributed by atoms with Gasteiger partial charge in [-0.3, -0.25) is 0 Å². The van der Waals surface area contributed by atoms with Gasteiger partial charge in [0.25, 0.3) is 0 Å². The Labute approximate surface area is 129 Å². The van der Waals surface area contributed by atoms with Crippen molar-refractivity contribution in [1.29, 1.82) is 0 Å². The summed E-state index contributed by atoms with van der Waals surface area (Å²) in [5.41, 5.74) is 5.78. The monoisotopic (exact) mass is 336 g/mol. The molecular weight excluding hydrogens is 319 g/mol. The second kappa shape index (κ2) is 5.72. The van der Waals surface area contributed by atoms with Crippen LogP contribution in [0.1, 0.15) is 32.6 Å². The number of halogens is 2. The van der Waals surface area contributed by atoms with Crippen molar-refractivity contribution < 1.29 is 8.42 Å². The molecule has 20 heavy (non-hydrogen) atoms. The Morgan fingerprint density at radius 3 is 2.50 bits per heavy atom. The summed E-state index contributed by atoms with van der Waals surface area (Å²) in [6, 6.07) is 2.81. The molecule has 3 N–H and O–H groups in total. The quantitative estimate of drug-likeness (QED) is 0.827. The average Bonchev–Trinajstić information content (AvgIpc) is 2.81. The van der Waals surface area contributed by atoms with Gasteiger partial charge in [-0.15, -0.1) is 0 Å². The molecule has 2 rings (SSSR count). The lowest BCUT2D eigenvalue weighted by Gasteiger charge is -2.23. The average molecular weight is 337 g/mol. The second-order valence-corrected chi connectivity index (χ2v) is 8.14. The molecule has 1 aliphatic rings. The Bertz CT molecular complexity index is 611. The largest absolute Gasteiger partial charge is 0.396 e. The maximum absolute atomic E-state index is 12.3. The molecule has 0 unspecified atom stereocenters. The molecule has 0 heterocycles. The van der Waals surface area contributed by atoms with E-state index in [-0.39, 0.29) is 26.0 Å². The van der Waals surface area contributed by atoms with Gasteiger partial charge in [0, 0.05) is 6.54 Å². The predicted molar refractivity (Wildman–Crippen MR) is 82.6 cm³/mol. The molecule has 0 spiro atoms. The van der Waals surface area contributed by atoms with Crippen molar-refractivity contribution in [3.05, 3.63) is 22.2 Å². The number of rotatable bonds is 4. The number of nitrogens with one attached hydrogen (secondary N) is 1. The molecule has 0 radical (unpaired) electrons. The molecule has 1 aromatic rings. The summed E-state index contributed by atoms with van der Waals surface area (Å²) in [5, 5.41) is 0.221. The molecule has 1 saturated carbocycles. The van der Waals surface area contributed by atoms with Crippen LogP contribution in [-0.2, 0) is 10.0 Å². The first-order valence-corrected chi connectivity index (χ1v) is 8.72. The normalized spacial score (nSPS) is 18.4. The smallest absolute Gasteiger partial charge is 0.242 e. The van der Waals surface area contributed by atoms with Crippen LogP contribution in [0.3, 0.4) is 0 Å². The summed E-state index contributed by atoms with van der Waals surface area (Å²) >= 11 is 11.8. The van der Waals surface area contributed by atoms with E-state index in [9.17, 15) is 8.42 Å². The Balaban J connectivity index is 2.21. The molecular formula is C13H18Cl2N2O2S. The zero-order chi connectivity index (χ0) is 15.0.